The quantitative estimate of drug-likeness (QED) is 0.613. The molecule has 1 saturated heterocycles. The van der Waals surface area contributed by atoms with Crippen molar-refractivity contribution in [1.29, 1.82) is 0 Å². The Kier molecular flexibility index (Phi) is 3.97. The fraction of sp³-hybridized carbons (Fsp3) is 0.429. The average molecular weight is 260 g/mol. The number of ether oxygens (including phenoxy) is 1. The van der Waals surface area contributed by atoms with Crippen molar-refractivity contribution in [2.45, 2.75) is 32.4 Å². The zero-order chi connectivity index (χ0) is 13.8. The predicted molar refractivity (Wildman–Crippen MR) is 71.1 cm³/mol. The van der Waals surface area contributed by atoms with Gasteiger partial charge < -0.3 is 9.64 Å². The van der Waals surface area contributed by atoms with Crippen LogP contribution in [0, 0.1) is 0 Å². The van der Waals surface area contributed by atoms with Gasteiger partial charge in [-0.3, -0.25) is 4.79 Å². The van der Waals surface area contributed by atoms with Gasteiger partial charge in [-0.05, 0) is 38.1 Å². The molecule has 1 aliphatic heterocycles. The molecule has 1 unspecified atom stereocenters. The normalized spacial score (nSPS) is 18.6. The molecule has 5 nitrogen and oxygen atoms in total. The highest BCUT2D eigenvalue weighted by Gasteiger charge is 2.30. The van der Waals surface area contributed by atoms with Crippen molar-refractivity contribution < 1.29 is 14.3 Å². The van der Waals surface area contributed by atoms with Gasteiger partial charge in [0.15, 0.2) is 0 Å². The molecule has 0 spiro atoms. The van der Waals surface area contributed by atoms with E-state index in [4.69, 9.17) is 4.74 Å². The third kappa shape index (κ3) is 3.20. The van der Waals surface area contributed by atoms with Crippen molar-refractivity contribution in [2.75, 3.05) is 11.4 Å². The Morgan fingerprint density at radius 1 is 1.37 bits per heavy atom. The summed E-state index contributed by atoms with van der Waals surface area (Å²) in [6, 6.07) is 7.06. The van der Waals surface area contributed by atoms with Crippen molar-refractivity contribution in [3.63, 3.8) is 0 Å². The highest BCUT2D eigenvalue weighted by atomic mass is 16.5. The molecule has 1 heterocycles. The molecule has 0 aromatic heterocycles. The summed E-state index contributed by atoms with van der Waals surface area (Å²) in [6.07, 6.45) is 1.89. The molecule has 19 heavy (non-hydrogen) atoms. The van der Waals surface area contributed by atoms with Gasteiger partial charge in [0.05, 0.1) is 18.6 Å². The summed E-state index contributed by atoms with van der Waals surface area (Å²) in [4.78, 5) is 27.3. The van der Waals surface area contributed by atoms with Crippen molar-refractivity contribution >= 4 is 17.7 Å². The van der Waals surface area contributed by atoms with Gasteiger partial charge in [0.2, 0.25) is 12.0 Å². The van der Waals surface area contributed by atoms with Gasteiger partial charge in [-0.25, -0.2) is 9.79 Å². The summed E-state index contributed by atoms with van der Waals surface area (Å²) in [5.41, 5.74) is 0.796. The average Bonchev–Trinajstić information content (AvgIpc) is 2.71. The lowest BCUT2D eigenvalue weighted by atomic mass is 10.2. The van der Waals surface area contributed by atoms with E-state index in [2.05, 4.69) is 4.99 Å². The highest BCUT2D eigenvalue weighted by Crippen LogP contribution is 2.25. The molecular weight excluding hydrogens is 244 g/mol. The number of carbonyl (C=O) groups excluding carboxylic acids is 2. The van der Waals surface area contributed by atoms with Gasteiger partial charge in [-0.2, -0.15) is 0 Å². The van der Waals surface area contributed by atoms with Gasteiger partial charge in [0.1, 0.15) is 5.75 Å². The number of nitrogens with zero attached hydrogens (tertiary/aromatic N) is 2. The minimum Gasteiger partial charge on any atom is -0.491 e. The smallest absolute Gasteiger partial charge is 0.235 e. The van der Waals surface area contributed by atoms with Gasteiger partial charge in [-0.15, -0.1) is 0 Å². The second-order valence-corrected chi connectivity index (χ2v) is 4.74. The fourth-order valence-corrected chi connectivity index (χ4v) is 2.08. The van der Waals surface area contributed by atoms with Crippen LogP contribution in [0.25, 0.3) is 0 Å². The zero-order valence-corrected chi connectivity index (χ0v) is 11.0. The SMILES string of the molecule is CC(C)Oc1ccc(N2CC(N=C=O)CC2=O)cc1. The molecule has 0 radical (unpaired) electrons. The van der Waals surface area contributed by atoms with E-state index in [1.54, 1.807) is 4.90 Å². The van der Waals surface area contributed by atoms with Crippen molar-refractivity contribution in [2.24, 2.45) is 4.99 Å². The Bertz CT molecular complexity index is 504. The molecule has 1 amide bonds. The third-order valence-corrected chi connectivity index (χ3v) is 2.86. The van der Waals surface area contributed by atoms with Crippen LogP contribution in [0.1, 0.15) is 20.3 Å². The molecule has 1 aliphatic rings. The van der Waals surface area contributed by atoms with Crippen LogP contribution in [-0.2, 0) is 9.59 Å². The number of hydrogen-bond donors (Lipinski definition) is 0. The molecule has 0 aliphatic carbocycles. The first-order valence-electron chi connectivity index (χ1n) is 6.24. The Morgan fingerprint density at radius 2 is 2.05 bits per heavy atom. The summed E-state index contributed by atoms with van der Waals surface area (Å²) < 4.78 is 5.55. The summed E-state index contributed by atoms with van der Waals surface area (Å²) >= 11 is 0. The summed E-state index contributed by atoms with van der Waals surface area (Å²) in [6.45, 7) is 4.35. The van der Waals surface area contributed by atoms with Gasteiger partial charge in [0, 0.05) is 12.2 Å². The first-order chi connectivity index (χ1) is 9.10. The lowest BCUT2D eigenvalue weighted by molar-refractivity contribution is -0.117. The topological polar surface area (TPSA) is 59.0 Å². The van der Waals surface area contributed by atoms with Crippen molar-refractivity contribution in [3.8, 4) is 5.75 Å². The van der Waals surface area contributed by atoms with E-state index in [0.29, 0.717) is 6.54 Å². The molecule has 100 valence electrons. The van der Waals surface area contributed by atoms with Crippen molar-refractivity contribution in [3.05, 3.63) is 24.3 Å². The Balaban J connectivity index is 2.10. The number of aliphatic imine (C=N–C) groups is 1. The van der Waals surface area contributed by atoms with E-state index >= 15 is 0 Å². The highest BCUT2D eigenvalue weighted by molar-refractivity contribution is 5.96. The third-order valence-electron chi connectivity index (χ3n) is 2.86. The van der Waals surface area contributed by atoms with Crippen LogP contribution >= 0.6 is 0 Å². The number of amides is 1. The predicted octanol–water partition coefficient (Wildman–Crippen LogP) is 1.91. The number of benzene rings is 1. The molecule has 0 N–H and O–H groups in total. The largest absolute Gasteiger partial charge is 0.491 e. The lowest BCUT2D eigenvalue weighted by Crippen LogP contribution is -2.24. The molecule has 1 fully saturated rings. The summed E-state index contributed by atoms with van der Waals surface area (Å²) in [5, 5.41) is 0. The van der Waals surface area contributed by atoms with Crippen LogP contribution < -0.4 is 9.64 Å². The lowest BCUT2D eigenvalue weighted by Gasteiger charge is -2.17. The number of carbonyl (C=O) groups is 1. The number of isocyanates is 1. The summed E-state index contributed by atoms with van der Waals surface area (Å²) in [5.74, 6) is 0.745. The summed E-state index contributed by atoms with van der Waals surface area (Å²) in [7, 11) is 0. The maximum Gasteiger partial charge on any atom is 0.235 e. The van der Waals surface area contributed by atoms with E-state index in [0.717, 1.165) is 11.4 Å². The molecule has 0 bridgehead atoms. The van der Waals surface area contributed by atoms with Crippen LogP contribution in [0.4, 0.5) is 5.69 Å². The van der Waals surface area contributed by atoms with Crippen LogP contribution in [0.5, 0.6) is 5.75 Å². The first-order valence-corrected chi connectivity index (χ1v) is 6.24. The monoisotopic (exact) mass is 260 g/mol. The standard InChI is InChI=1S/C14H16N2O3/c1-10(2)19-13-5-3-12(4-6-13)16-8-11(15-9-17)7-14(16)18/h3-6,10-11H,7-8H2,1-2H3. The molecule has 2 rings (SSSR count). The molecular formula is C14H16N2O3. The van der Waals surface area contributed by atoms with E-state index in [1.807, 2.05) is 38.1 Å². The number of rotatable bonds is 4. The molecule has 1 aromatic rings. The fourth-order valence-electron chi connectivity index (χ4n) is 2.08. The number of hydrogen-bond acceptors (Lipinski definition) is 4. The van der Waals surface area contributed by atoms with E-state index in [-0.39, 0.29) is 24.5 Å². The van der Waals surface area contributed by atoms with Gasteiger partial charge in [-0.1, -0.05) is 0 Å². The first kappa shape index (κ1) is 13.3. The van der Waals surface area contributed by atoms with E-state index < -0.39 is 0 Å². The van der Waals surface area contributed by atoms with Crippen LogP contribution in [0.3, 0.4) is 0 Å². The molecule has 1 atom stereocenters. The maximum atomic E-state index is 11.8. The van der Waals surface area contributed by atoms with E-state index in [1.165, 1.54) is 6.08 Å². The van der Waals surface area contributed by atoms with Crippen molar-refractivity contribution in [1.82, 2.24) is 0 Å². The van der Waals surface area contributed by atoms with Gasteiger partial charge in [0.25, 0.3) is 0 Å². The minimum atomic E-state index is -0.281. The maximum absolute atomic E-state index is 11.8. The molecule has 1 aromatic carbocycles. The van der Waals surface area contributed by atoms with Crippen LogP contribution in [-0.4, -0.2) is 30.7 Å². The minimum absolute atomic E-state index is 0.0264. The van der Waals surface area contributed by atoms with E-state index in [9.17, 15) is 9.59 Å². The van der Waals surface area contributed by atoms with Gasteiger partial charge >= 0.3 is 0 Å². The van der Waals surface area contributed by atoms with Crippen LogP contribution in [0.2, 0.25) is 0 Å². The molecule has 5 heteroatoms. The molecule has 0 saturated carbocycles. The second kappa shape index (κ2) is 5.67. The zero-order valence-electron chi connectivity index (χ0n) is 11.0. The Morgan fingerprint density at radius 3 is 2.63 bits per heavy atom. The second-order valence-electron chi connectivity index (χ2n) is 4.74. The Hall–Kier alpha value is -2.13. The Labute approximate surface area is 111 Å². The number of anilines is 1. The van der Waals surface area contributed by atoms with Crippen LogP contribution in [0.15, 0.2) is 29.3 Å².